The summed E-state index contributed by atoms with van der Waals surface area (Å²) in [5.74, 6) is 0. The zero-order chi connectivity index (χ0) is 32.9. The van der Waals surface area contributed by atoms with E-state index in [-0.39, 0.29) is 5.41 Å². The van der Waals surface area contributed by atoms with Crippen LogP contribution in [0.2, 0.25) is 0 Å². The Morgan fingerprint density at radius 1 is 0.429 bits per heavy atom. The van der Waals surface area contributed by atoms with Gasteiger partial charge in [0.1, 0.15) is 5.58 Å². The van der Waals surface area contributed by atoms with E-state index in [0.717, 1.165) is 38.8 Å². The fraction of sp³-hybridized carbons (Fsp3) is 0.0870. The second kappa shape index (κ2) is 10.2. The molecular formula is C46H34N2O. The molecule has 7 aromatic carbocycles. The van der Waals surface area contributed by atoms with Gasteiger partial charge in [0.15, 0.2) is 5.58 Å². The summed E-state index contributed by atoms with van der Waals surface area (Å²) in [7, 11) is 0. The van der Waals surface area contributed by atoms with Crippen LogP contribution < -0.4 is 0 Å². The molecule has 0 aliphatic carbocycles. The average Bonchev–Trinajstić information content (AvgIpc) is 3.79. The van der Waals surface area contributed by atoms with Crippen molar-refractivity contribution in [2.45, 2.75) is 26.2 Å². The Hall–Kier alpha value is -6.06. The summed E-state index contributed by atoms with van der Waals surface area (Å²) in [6, 6.07) is 55.0. The van der Waals surface area contributed by atoms with Crippen LogP contribution in [0.15, 0.2) is 156 Å². The number of hydrogen-bond donors (Lipinski definition) is 0. The molecule has 0 aliphatic rings. The molecule has 49 heavy (non-hydrogen) atoms. The molecule has 0 unspecified atom stereocenters. The highest BCUT2D eigenvalue weighted by Crippen LogP contribution is 2.41. The van der Waals surface area contributed by atoms with Crippen molar-refractivity contribution >= 4 is 65.6 Å². The van der Waals surface area contributed by atoms with E-state index < -0.39 is 0 Å². The zero-order valence-corrected chi connectivity index (χ0v) is 27.7. The molecule has 0 bridgehead atoms. The first-order chi connectivity index (χ1) is 23.9. The van der Waals surface area contributed by atoms with Gasteiger partial charge in [-0.3, -0.25) is 0 Å². The van der Waals surface area contributed by atoms with Gasteiger partial charge in [-0.05, 0) is 82.8 Å². The molecule has 0 spiro atoms. The maximum atomic E-state index is 6.54. The van der Waals surface area contributed by atoms with E-state index in [1.54, 1.807) is 0 Å². The lowest BCUT2D eigenvalue weighted by atomic mass is 9.86. The Labute approximate surface area is 284 Å². The summed E-state index contributed by atoms with van der Waals surface area (Å²) in [6.45, 7) is 6.84. The summed E-state index contributed by atoms with van der Waals surface area (Å²) in [6.07, 6.45) is 0. The lowest BCUT2D eigenvalue weighted by molar-refractivity contribution is 0.591. The van der Waals surface area contributed by atoms with Crippen LogP contribution in [0.4, 0.5) is 0 Å². The Kier molecular flexibility index (Phi) is 5.84. The van der Waals surface area contributed by atoms with Crippen LogP contribution in [0.5, 0.6) is 0 Å². The minimum absolute atomic E-state index is 0.0931. The lowest BCUT2D eigenvalue weighted by Gasteiger charge is -2.19. The Balaban J connectivity index is 1.07. The third kappa shape index (κ3) is 4.15. The molecule has 0 saturated carbocycles. The van der Waals surface area contributed by atoms with Crippen LogP contribution in [0.25, 0.3) is 88.1 Å². The number of benzene rings is 7. The van der Waals surface area contributed by atoms with Crippen LogP contribution >= 0.6 is 0 Å². The van der Waals surface area contributed by atoms with Gasteiger partial charge in [-0.15, -0.1) is 0 Å². The van der Waals surface area contributed by atoms with E-state index >= 15 is 0 Å². The molecule has 0 atom stereocenters. The van der Waals surface area contributed by atoms with E-state index in [4.69, 9.17) is 4.42 Å². The number of para-hydroxylation sites is 3. The number of rotatable bonds is 3. The first kappa shape index (κ1) is 28.0. The number of aromatic nitrogens is 2. The number of hydrogen-bond acceptors (Lipinski definition) is 1. The van der Waals surface area contributed by atoms with E-state index in [1.807, 2.05) is 6.07 Å². The lowest BCUT2D eigenvalue weighted by Crippen LogP contribution is -2.10. The first-order valence-corrected chi connectivity index (χ1v) is 17.0. The van der Waals surface area contributed by atoms with Crippen LogP contribution in [-0.4, -0.2) is 9.13 Å². The van der Waals surface area contributed by atoms with Crippen LogP contribution in [-0.2, 0) is 5.41 Å². The third-order valence-electron chi connectivity index (χ3n) is 10.3. The van der Waals surface area contributed by atoms with E-state index in [9.17, 15) is 0 Å². The van der Waals surface area contributed by atoms with E-state index in [1.165, 1.54) is 54.8 Å². The molecule has 3 heteroatoms. The third-order valence-corrected chi connectivity index (χ3v) is 10.3. The minimum Gasteiger partial charge on any atom is -0.454 e. The first-order valence-electron chi connectivity index (χ1n) is 17.0. The van der Waals surface area contributed by atoms with Gasteiger partial charge in [0.2, 0.25) is 0 Å². The minimum atomic E-state index is 0.0931. The average molecular weight is 631 g/mol. The van der Waals surface area contributed by atoms with Crippen molar-refractivity contribution in [1.29, 1.82) is 0 Å². The maximum Gasteiger partial charge on any atom is 0.160 e. The number of furan rings is 1. The number of nitrogens with zero attached hydrogens (tertiary/aromatic N) is 2. The molecule has 0 amide bonds. The van der Waals surface area contributed by atoms with E-state index in [0.29, 0.717) is 0 Å². The highest BCUT2D eigenvalue weighted by Gasteiger charge is 2.20. The molecule has 0 aliphatic heterocycles. The summed E-state index contributed by atoms with van der Waals surface area (Å²) in [5.41, 5.74) is 12.7. The maximum absolute atomic E-state index is 6.54. The van der Waals surface area contributed by atoms with Crippen molar-refractivity contribution < 1.29 is 4.42 Å². The molecule has 3 heterocycles. The van der Waals surface area contributed by atoms with Gasteiger partial charge in [-0.25, -0.2) is 0 Å². The van der Waals surface area contributed by atoms with Gasteiger partial charge in [0.05, 0.1) is 22.1 Å². The quantitative estimate of drug-likeness (QED) is 0.190. The normalized spacial score (nSPS) is 12.4. The molecule has 0 N–H and O–H groups in total. The van der Waals surface area contributed by atoms with Crippen molar-refractivity contribution in [3.05, 3.63) is 157 Å². The SMILES string of the molecule is CC(C)(C)c1ccc2c(c1)c1ccccc1n2-c1ccc(-c2ccc(-n3c4ccccc4c4ccc5c6ccccc6oc5c43)cc2)cc1. The smallest absolute Gasteiger partial charge is 0.160 e. The van der Waals surface area contributed by atoms with E-state index in [2.05, 4.69) is 175 Å². The predicted molar refractivity (Wildman–Crippen MR) is 207 cm³/mol. The molecule has 3 aromatic heterocycles. The fourth-order valence-electron chi connectivity index (χ4n) is 7.82. The van der Waals surface area contributed by atoms with Gasteiger partial charge in [-0.1, -0.05) is 112 Å². The molecule has 0 fully saturated rings. The molecule has 0 radical (unpaired) electrons. The standard InChI is InChI=1S/C46H34N2O/c1-46(2,3)31-20-27-42-39(28-31)35-11-5-7-13-40(35)47(42)32-21-16-29(17-22-32)30-18-23-33(24-19-30)48-41-14-8-4-10-34(41)37-25-26-38-36-12-6-9-15-43(36)49-45(38)44(37)48/h4-28H,1-3H3. The summed E-state index contributed by atoms with van der Waals surface area (Å²) in [4.78, 5) is 0. The molecule has 10 rings (SSSR count). The fourth-order valence-corrected chi connectivity index (χ4v) is 7.82. The molecule has 0 saturated heterocycles. The zero-order valence-electron chi connectivity index (χ0n) is 27.7. The topological polar surface area (TPSA) is 23.0 Å². The summed E-state index contributed by atoms with van der Waals surface area (Å²) < 4.78 is 11.3. The Morgan fingerprint density at radius 2 is 0.959 bits per heavy atom. The van der Waals surface area contributed by atoms with Gasteiger partial charge in [0, 0.05) is 43.7 Å². The highest BCUT2D eigenvalue weighted by molar-refractivity contribution is 6.21. The second-order valence-electron chi connectivity index (χ2n) is 14.2. The van der Waals surface area contributed by atoms with Crippen LogP contribution in [0.3, 0.4) is 0 Å². The van der Waals surface area contributed by atoms with Crippen molar-refractivity contribution in [1.82, 2.24) is 9.13 Å². The Bertz CT molecular complexity index is 2890. The molecule has 10 aromatic rings. The monoisotopic (exact) mass is 630 g/mol. The largest absolute Gasteiger partial charge is 0.454 e. The Morgan fingerprint density at radius 3 is 1.63 bits per heavy atom. The predicted octanol–water partition coefficient (Wildman–Crippen LogP) is 12.7. The summed E-state index contributed by atoms with van der Waals surface area (Å²) >= 11 is 0. The van der Waals surface area contributed by atoms with Gasteiger partial charge in [0.25, 0.3) is 0 Å². The van der Waals surface area contributed by atoms with Crippen molar-refractivity contribution in [2.75, 3.05) is 0 Å². The van der Waals surface area contributed by atoms with Gasteiger partial charge in [-0.2, -0.15) is 0 Å². The molecule has 234 valence electrons. The van der Waals surface area contributed by atoms with Gasteiger partial charge >= 0.3 is 0 Å². The second-order valence-corrected chi connectivity index (χ2v) is 14.2. The highest BCUT2D eigenvalue weighted by atomic mass is 16.3. The van der Waals surface area contributed by atoms with Crippen molar-refractivity contribution in [3.8, 4) is 22.5 Å². The molecular weight excluding hydrogens is 597 g/mol. The number of fused-ring (bicyclic) bond motifs is 10. The van der Waals surface area contributed by atoms with Crippen LogP contribution in [0, 0.1) is 0 Å². The van der Waals surface area contributed by atoms with Crippen molar-refractivity contribution in [2.24, 2.45) is 0 Å². The molecule has 3 nitrogen and oxygen atoms in total. The van der Waals surface area contributed by atoms with Gasteiger partial charge < -0.3 is 13.6 Å². The summed E-state index contributed by atoms with van der Waals surface area (Å²) in [5, 5.41) is 7.29. The van der Waals surface area contributed by atoms with Crippen molar-refractivity contribution in [3.63, 3.8) is 0 Å². The van der Waals surface area contributed by atoms with Crippen LogP contribution in [0.1, 0.15) is 26.3 Å².